The first-order valence-corrected chi connectivity index (χ1v) is 8.33. The maximum atomic E-state index is 12.8. The summed E-state index contributed by atoms with van der Waals surface area (Å²) in [4.78, 5) is 31.8. The van der Waals surface area contributed by atoms with Crippen molar-refractivity contribution in [2.75, 3.05) is 13.1 Å². The molecule has 0 saturated carbocycles. The van der Waals surface area contributed by atoms with Gasteiger partial charge in [0, 0.05) is 31.5 Å². The number of hydrogen-bond donors (Lipinski definition) is 0. The minimum Gasteiger partial charge on any atom is -0.339 e. The first kappa shape index (κ1) is 17.2. The Bertz CT molecular complexity index is 759. The van der Waals surface area contributed by atoms with E-state index in [2.05, 4.69) is 4.98 Å². The number of rotatable bonds is 6. The van der Waals surface area contributed by atoms with E-state index in [1.807, 2.05) is 38.3 Å². The number of nitrogens with zero attached hydrogens (tertiary/aromatic N) is 3. The summed E-state index contributed by atoms with van der Waals surface area (Å²) in [6.45, 7) is 9.95. The third-order valence-electron chi connectivity index (χ3n) is 3.91. The predicted octanol–water partition coefficient (Wildman–Crippen LogP) is 2.99. The Kier molecular flexibility index (Phi) is 5.53. The van der Waals surface area contributed by atoms with Crippen molar-refractivity contribution in [2.24, 2.45) is 0 Å². The molecule has 2 heterocycles. The maximum Gasteiger partial charge on any atom is 0.259 e. The van der Waals surface area contributed by atoms with Crippen LogP contribution in [0, 0.1) is 6.92 Å². The van der Waals surface area contributed by atoms with Gasteiger partial charge < -0.3 is 9.47 Å². The minimum absolute atomic E-state index is 0.177. The van der Waals surface area contributed by atoms with Crippen molar-refractivity contribution in [3.63, 3.8) is 0 Å². The fraction of sp³-hybridized carbons (Fsp3) is 0.500. The third-order valence-corrected chi connectivity index (χ3v) is 3.91. The average molecular weight is 315 g/mol. The number of amides is 1. The van der Waals surface area contributed by atoms with Crippen LogP contribution in [0.5, 0.6) is 0 Å². The highest BCUT2D eigenvalue weighted by Crippen LogP contribution is 2.12. The molecule has 2 aromatic rings. The summed E-state index contributed by atoms with van der Waals surface area (Å²) in [5.41, 5.74) is 1.52. The maximum absolute atomic E-state index is 12.8. The molecule has 5 heteroatoms. The quantitative estimate of drug-likeness (QED) is 0.823. The van der Waals surface area contributed by atoms with Crippen molar-refractivity contribution < 1.29 is 4.79 Å². The molecule has 0 aliphatic carbocycles. The molecule has 2 aromatic heterocycles. The van der Waals surface area contributed by atoms with Gasteiger partial charge in [-0.15, -0.1) is 0 Å². The highest BCUT2D eigenvalue weighted by atomic mass is 16.2. The van der Waals surface area contributed by atoms with Crippen LogP contribution in [0.2, 0.25) is 0 Å². The van der Waals surface area contributed by atoms with Crippen LogP contribution in [0.3, 0.4) is 0 Å². The second-order valence-electron chi connectivity index (χ2n) is 5.77. The second kappa shape index (κ2) is 7.40. The summed E-state index contributed by atoms with van der Waals surface area (Å²) >= 11 is 0. The van der Waals surface area contributed by atoms with Gasteiger partial charge in [-0.1, -0.05) is 13.8 Å². The van der Waals surface area contributed by atoms with Crippen LogP contribution in [-0.2, 0) is 6.54 Å². The van der Waals surface area contributed by atoms with Gasteiger partial charge in [0.25, 0.3) is 5.91 Å². The lowest BCUT2D eigenvalue weighted by Crippen LogP contribution is -2.36. The number of aromatic nitrogens is 2. The monoisotopic (exact) mass is 315 g/mol. The van der Waals surface area contributed by atoms with Gasteiger partial charge in [-0.25, -0.2) is 4.98 Å². The Labute approximate surface area is 136 Å². The number of carbonyl (C=O) groups excluding carboxylic acids is 1. The topological polar surface area (TPSA) is 55.2 Å². The van der Waals surface area contributed by atoms with E-state index in [1.54, 1.807) is 17.2 Å². The average Bonchev–Trinajstić information content (AvgIpc) is 2.54. The predicted molar refractivity (Wildman–Crippen MR) is 92.9 cm³/mol. The summed E-state index contributed by atoms with van der Waals surface area (Å²) in [5, 5.41) is 0.510. The smallest absolute Gasteiger partial charge is 0.259 e. The molecule has 0 unspecified atom stereocenters. The van der Waals surface area contributed by atoms with Crippen LogP contribution in [0.1, 0.15) is 49.7 Å². The molecule has 1 amide bonds. The van der Waals surface area contributed by atoms with Gasteiger partial charge in [0.2, 0.25) is 5.43 Å². The second-order valence-corrected chi connectivity index (χ2v) is 5.77. The van der Waals surface area contributed by atoms with E-state index in [-0.39, 0.29) is 16.9 Å². The van der Waals surface area contributed by atoms with Gasteiger partial charge in [-0.2, -0.15) is 0 Å². The molecule has 124 valence electrons. The summed E-state index contributed by atoms with van der Waals surface area (Å²) in [6.07, 6.45) is 3.42. The molecule has 0 N–H and O–H groups in total. The minimum atomic E-state index is -0.223. The molecule has 0 aliphatic heterocycles. The van der Waals surface area contributed by atoms with Crippen LogP contribution in [-0.4, -0.2) is 33.4 Å². The highest BCUT2D eigenvalue weighted by molar-refractivity contribution is 5.96. The van der Waals surface area contributed by atoms with Gasteiger partial charge in [0.05, 0.1) is 5.39 Å². The SMILES string of the molecule is CCCN(CCC)C(=O)c1cn(CC)c2nc(C)ccc2c1=O. The molecular formula is C18H25N3O2. The molecule has 0 aliphatic rings. The third kappa shape index (κ3) is 3.44. The summed E-state index contributed by atoms with van der Waals surface area (Å²) in [5.74, 6) is -0.177. The van der Waals surface area contributed by atoms with Crippen LogP contribution in [0.4, 0.5) is 0 Å². The number of fused-ring (bicyclic) bond motifs is 1. The molecular weight excluding hydrogens is 290 g/mol. The fourth-order valence-electron chi connectivity index (χ4n) is 2.78. The van der Waals surface area contributed by atoms with E-state index < -0.39 is 0 Å². The van der Waals surface area contributed by atoms with E-state index in [9.17, 15) is 9.59 Å². The van der Waals surface area contributed by atoms with Crippen molar-refractivity contribution in [3.8, 4) is 0 Å². The summed E-state index contributed by atoms with van der Waals surface area (Å²) in [6, 6.07) is 3.58. The summed E-state index contributed by atoms with van der Waals surface area (Å²) in [7, 11) is 0. The van der Waals surface area contributed by atoms with Crippen LogP contribution < -0.4 is 5.43 Å². The molecule has 5 nitrogen and oxygen atoms in total. The number of carbonyl (C=O) groups is 1. The zero-order valence-corrected chi connectivity index (χ0v) is 14.4. The van der Waals surface area contributed by atoms with Gasteiger partial charge in [-0.3, -0.25) is 9.59 Å². The standard InChI is InChI=1S/C18H25N3O2/c1-5-10-21(11-6-2)18(23)15-12-20(7-3)17-14(16(15)22)9-8-13(4)19-17/h8-9,12H,5-7,10-11H2,1-4H3. The number of pyridine rings is 2. The van der Waals surface area contributed by atoms with Crippen LogP contribution >= 0.6 is 0 Å². The molecule has 0 aromatic carbocycles. The Balaban J connectivity index is 2.61. The molecule has 0 spiro atoms. The van der Waals surface area contributed by atoms with Crippen LogP contribution in [0.15, 0.2) is 23.1 Å². The molecule has 0 saturated heterocycles. The van der Waals surface area contributed by atoms with Gasteiger partial charge >= 0.3 is 0 Å². The van der Waals surface area contributed by atoms with Crippen molar-refractivity contribution in [2.45, 2.75) is 47.1 Å². The normalized spacial score (nSPS) is 11.0. The van der Waals surface area contributed by atoms with Crippen molar-refractivity contribution in [3.05, 3.63) is 39.8 Å². The molecule has 0 atom stereocenters. The Morgan fingerprint density at radius 1 is 1.17 bits per heavy atom. The van der Waals surface area contributed by atoms with Crippen molar-refractivity contribution in [1.82, 2.24) is 14.5 Å². The van der Waals surface area contributed by atoms with Gasteiger partial charge in [0.15, 0.2) is 0 Å². The van der Waals surface area contributed by atoms with E-state index >= 15 is 0 Å². The Morgan fingerprint density at radius 3 is 2.39 bits per heavy atom. The number of hydrogen-bond acceptors (Lipinski definition) is 3. The van der Waals surface area contributed by atoms with E-state index in [4.69, 9.17) is 0 Å². The molecule has 0 bridgehead atoms. The van der Waals surface area contributed by atoms with Crippen molar-refractivity contribution in [1.29, 1.82) is 0 Å². The van der Waals surface area contributed by atoms with E-state index in [1.165, 1.54) is 0 Å². The molecule has 0 fully saturated rings. The Hall–Kier alpha value is -2.17. The van der Waals surface area contributed by atoms with Gasteiger partial charge in [-0.05, 0) is 38.8 Å². The first-order chi connectivity index (χ1) is 11.0. The zero-order valence-electron chi connectivity index (χ0n) is 14.4. The lowest BCUT2D eigenvalue weighted by molar-refractivity contribution is 0.0753. The van der Waals surface area contributed by atoms with Gasteiger partial charge in [0.1, 0.15) is 11.2 Å². The van der Waals surface area contributed by atoms with E-state index in [0.717, 1.165) is 18.5 Å². The number of aryl methyl sites for hydroxylation is 2. The summed E-state index contributed by atoms with van der Waals surface area (Å²) < 4.78 is 1.88. The first-order valence-electron chi connectivity index (χ1n) is 8.33. The molecule has 2 rings (SSSR count). The Morgan fingerprint density at radius 2 is 1.83 bits per heavy atom. The lowest BCUT2D eigenvalue weighted by atomic mass is 10.1. The van der Waals surface area contributed by atoms with Crippen molar-refractivity contribution >= 4 is 16.9 Å². The lowest BCUT2D eigenvalue weighted by Gasteiger charge is -2.22. The largest absolute Gasteiger partial charge is 0.339 e. The molecule has 23 heavy (non-hydrogen) atoms. The zero-order chi connectivity index (χ0) is 17.0. The highest BCUT2D eigenvalue weighted by Gasteiger charge is 2.20. The fourth-order valence-corrected chi connectivity index (χ4v) is 2.78. The van der Waals surface area contributed by atoms with E-state index in [0.29, 0.717) is 30.7 Å². The van der Waals surface area contributed by atoms with Crippen LogP contribution in [0.25, 0.3) is 11.0 Å². The molecule has 0 radical (unpaired) electrons.